The van der Waals surface area contributed by atoms with Gasteiger partial charge in [0, 0.05) is 25.0 Å². The lowest BCUT2D eigenvalue weighted by molar-refractivity contribution is 0.0556. The summed E-state index contributed by atoms with van der Waals surface area (Å²) in [5, 5.41) is 10.5. The molecule has 0 aliphatic heterocycles. The average molecular weight is 263 g/mol. The summed E-state index contributed by atoms with van der Waals surface area (Å²) in [6, 6.07) is 2.03. The van der Waals surface area contributed by atoms with E-state index >= 15 is 0 Å². The fraction of sp³-hybridized carbons (Fsp3) is 0.733. The van der Waals surface area contributed by atoms with Gasteiger partial charge >= 0.3 is 0 Å². The van der Waals surface area contributed by atoms with E-state index in [-0.39, 0.29) is 0 Å². The van der Waals surface area contributed by atoms with Gasteiger partial charge in [-0.3, -0.25) is 0 Å². The molecule has 1 aromatic heterocycles. The predicted octanol–water partition coefficient (Wildman–Crippen LogP) is 2.65. The predicted molar refractivity (Wildman–Crippen MR) is 77.5 cm³/mol. The van der Waals surface area contributed by atoms with E-state index < -0.39 is 5.60 Å². The topological polar surface area (TPSA) is 49.2 Å². The van der Waals surface area contributed by atoms with E-state index in [1.165, 1.54) is 0 Å². The molecule has 1 aliphatic carbocycles. The highest BCUT2D eigenvalue weighted by molar-refractivity contribution is 5.32. The lowest BCUT2D eigenvalue weighted by Gasteiger charge is -2.29. The van der Waals surface area contributed by atoms with Crippen LogP contribution in [0.3, 0.4) is 0 Å². The second kappa shape index (κ2) is 5.45. The summed E-state index contributed by atoms with van der Waals surface area (Å²) in [5.41, 5.74) is 1.49. The molecule has 0 spiro atoms. The summed E-state index contributed by atoms with van der Waals surface area (Å²) in [4.78, 5) is 11.1. The molecule has 1 saturated carbocycles. The zero-order valence-electron chi connectivity index (χ0n) is 12.5. The maximum atomic E-state index is 10.5. The fourth-order valence-corrected chi connectivity index (χ4v) is 2.75. The number of aliphatic hydroxyl groups is 1. The van der Waals surface area contributed by atoms with Gasteiger partial charge in [0.1, 0.15) is 0 Å². The number of likely N-dealkylation sites (N-methyl/N-ethyl adjacent to an activating group) is 1. The number of aromatic nitrogens is 2. The van der Waals surface area contributed by atoms with Gasteiger partial charge in [-0.2, -0.15) is 0 Å². The molecule has 1 N–H and O–H groups in total. The Balaban J connectivity index is 2.16. The molecule has 0 unspecified atom stereocenters. The van der Waals surface area contributed by atoms with E-state index in [4.69, 9.17) is 0 Å². The second-order valence-electron chi connectivity index (χ2n) is 6.18. The number of nitrogens with zero attached hydrogens (tertiary/aromatic N) is 3. The van der Waals surface area contributed by atoms with Crippen LogP contribution in [-0.4, -0.2) is 34.3 Å². The Kier molecular flexibility index (Phi) is 4.09. The first kappa shape index (κ1) is 14.3. The monoisotopic (exact) mass is 263 g/mol. The normalized spacial score (nSPS) is 18.0. The minimum absolute atomic E-state index is 0.392. The van der Waals surface area contributed by atoms with Crippen LogP contribution in [0, 0.1) is 6.92 Å². The standard InChI is InChI=1S/C15H25N3O/c1-11(2)13-9-12(3)16-14(17-13)18(4)10-15(19)7-5-6-8-15/h9,11,19H,5-8,10H2,1-4H3. The molecule has 0 aromatic carbocycles. The molecule has 0 bridgehead atoms. The van der Waals surface area contributed by atoms with Crippen molar-refractivity contribution in [3.63, 3.8) is 0 Å². The Labute approximate surface area is 115 Å². The molecule has 0 amide bonds. The number of anilines is 1. The molecular weight excluding hydrogens is 238 g/mol. The van der Waals surface area contributed by atoms with Crippen molar-refractivity contribution in [2.45, 2.75) is 58.0 Å². The number of rotatable bonds is 4. The molecule has 4 nitrogen and oxygen atoms in total. The number of hydrogen-bond acceptors (Lipinski definition) is 4. The van der Waals surface area contributed by atoms with Gasteiger partial charge in [-0.25, -0.2) is 9.97 Å². The van der Waals surface area contributed by atoms with Crippen LogP contribution < -0.4 is 4.90 Å². The average Bonchev–Trinajstić information content (AvgIpc) is 2.74. The molecule has 0 atom stereocenters. The first-order chi connectivity index (χ1) is 8.89. The molecule has 2 rings (SSSR count). The van der Waals surface area contributed by atoms with E-state index in [9.17, 15) is 5.11 Å². The van der Waals surface area contributed by atoms with Crippen LogP contribution in [0.15, 0.2) is 6.07 Å². The summed E-state index contributed by atoms with van der Waals surface area (Å²) in [6.07, 6.45) is 4.02. The Morgan fingerprint density at radius 2 is 1.95 bits per heavy atom. The summed E-state index contributed by atoms with van der Waals surface area (Å²) in [7, 11) is 1.97. The Morgan fingerprint density at radius 1 is 1.32 bits per heavy atom. The third-order valence-corrected chi connectivity index (χ3v) is 3.86. The lowest BCUT2D eigenvalue weighted by atomic mass is 10.0. The van der Waals surface area contributed by atoms with Gasteiger partial charge in [0.15, 0.2) is 0 Å². The molecular formula is C15H25N3O. The van der Waals surface area contributed by atoms with Crippen LogP contribution in [-0.2, 0) is 0 Å². The lowest BCUT2D eigenvalue weighted by Crippen LogP contribution is -2.40. The molecule has 1 aromatic rings. The highest BCUT2D eigenvalue weighted by Gasteiger charge is 2.32. The minimum Gasteiger partial charge on any atom is -0.388 e. The second-order valence-corrected chi connectivity index (χ2v) is 6.18. The van der Waals surface area contributed by atoms with Crippen molar-refractivity contribution >= 4 is 5.95 Å². The van der Waals surface area contributed by atoms with Crippen LogP contribution in [0.1, 0.15) is 56.8 Å². The van der Waals surface area contributed by atoms with E-state index in [1.54, 1.807) is 0 Å². The van der Waals surface area contributed by atoms with Crippen molar-refractivity contribution in [1.82, 2.24) is 9.97 Å². The first-order valence-corrected chi connectivity index (χ1v) is 7.19. The van der Waals surface area contributed by atoms with Crippen LogP contribution >= 0.6 is 0 Å². The maximum absolute atomic E-state index is 10.5. The van der Waals surface area contributed by atoms with Crippen molar-refractivity contribution < 1.29 is 5.11 Å². The van der Waals surface area contributed by atoms with Crippen LogP contribution in [0.5, 0.6) is 0 Å². The van der Waals surface area contributed by atoms with Gasteiger partial charge in [0.2, 0.25) is 5.95 Å². The summed E-state index contributed by atoms with van der Waals surface area (Å²) >= 11 is 0. The largest absolute Gasteiger partial charge is 0.388 e. The highest BCUT2D eigenvalue weighted by Crippen LogP contribution is 2.30. The SMILES string of the molecule is Cc1cc(C(C)C)nc(N(C)CC2(O)CCCC2)n1. The Hall–Kier alpha value is -1.16. The van der Waals surface area contributed by atoms with E-state index in [0.717, 1.165) is 43.0 Å². The van der Waals surface area contributed by atoms with E-state index in [0.29, 0.717) is 12.5 Å². The molecule has 0 saturated heterocycles. The fourth-order valence-electron chi connectivity index (χ4n) is 2.75. The molecule has 1 aliphatic rings. The molecule has 4 heteroatoms. The van der Waals surface area contributed by atoms with Crippen molar-refractivity contribution in [2.24, 2.45) is 0 Å². The zero-order valence-corrected chi connectivity index (χ0v) is 12.5. The van der Waals surface area contributed by atoms with Gasteiger partial charge in [-0.05, 0) is 31.7 Å². The van der Waals surface area contributed by atoms with Crippen molar-refractivity contribution in [1.29, 1.82) is 0 Å². The molecule has 1 heterocycles. The molecule has 19 heavy (non-hydrogen) atoms. The maximum Gasteiger partial charge on any atom is 0.225 e. The quantitative estimate of drug-likeness (QED) is 0.907. The smallest absolute Gasteiger partial charge is 0.225 e. The van der Waals surface area contributed by atoms with Crippen molar-refractivity contribution in [3.8, 4) is 0 Å². The number of aryl methyl sites for hydroxylation is 1. The first-order valence-electron chi connectivity index (χ1n) is 7.19. The van der Waals surface area contributed by atoms with Crippen molar-refractivity contribution in [2.75, 3.05) is 18.5 Å². The summed E-state index contributed by atoms with van der Waals surface area (Å²) < 4.78 is 0. The molecule has 1 fully saturated rings. The third kappa shape index (κ3) is 3.44. The van der Waals surface area contributed by atoms with Crippen LogP contribution in [0.4, 0.5) is 5.95 Å². The zero-order chi connectivity index (χ0) is 14.0. The summed E-state index contributed by atoms with van der Waals surface area (Å²) in [5.74, 6) is 1.12. The van der Waals surface area contributed by atoms with E-state index in [1.807, 2.05) is 24.9 Å². The summed E-state index contributed by atoms with van der Waals surface area (Å²) in [6.45, 7) is 6.88. The highest BCUT2D eigenvalue weighted by atomic mass is 16.3. The van der Waals surface area contributed by atoms with Gasteiger partial charge in [0.05, 0.1) is 5.60 Å². The Bertz CT molecular complexity index is 439. The third-order valence-electron chi connectivity index (χ3n) is 3.86. The Morgan fingerprint density at radius 3 is 2.53 bits per heavy atom. The van der Waals surface area contributed by atoms with Gasteiger partial charge < -0.3 is 10.0 Å². The van der Waals surface area contributed by atoms with Crippen LogP contribution in [0.25, 0.3) is 0 Å². The molecule has 106 valence electrons. The molecule has 0 radical (unpaired) electrons. The van der Waals surface area contributed by atoms with Crippen LogP contribution in [0.2, 0.25) is 0 Å². The van der Waals surface area contributed by atoms with Gasteiger partial charge in [-0.1, -0.05) is 26.7 Å². The minimum atomic E-state index is -0.556. The number of hydrogen-bond donors (Lipinski definition) is 1. The van der Waals surface area contributed by atoms with E-state index in [2.05, 4.69) is 23.8 Å². The van der Waals surface area contributed by atoms with Gasteiger partial charge in [-0.15, -0.1) is 0 Å². The van der Waals surface area contributed by atoms with Gasteiger partial charge in [0.25, 0.3) is 0 Å². The van der Waals surface area contributed by atoms with Crippen molar-refractivity contribution in [3.05, 3.63) is 17.5 Å².